The lowest BCUT2D eigenvalue weighted by molar-refractivity contribution is 0.102. The van der Waals surface area contributed by atoms with Crippen molar-refractivity contribution in [2.45, 2.75) is 13.8 Å². The summed E-state index contributed by atoms with van der Waals surface area (Å²) in [5, 5.41) is 3.32. The molecular formula is C20H22N2O5S. The van der Waals surface area contributed by atoms with E-state index in [1.807, 2.05) is 19.9 Å². The largest absolute Gasteiger partial charge is 0.493 e. The molecule has 3 rings (SSSR count). The van der Waals surface area contributed by atoms with E-state index >= 15 is 0 Å². The molecule has 28 heavy (non-hydrogen) atoms. The van der Waals surface area contributed by atoms with E-state index < -0.39 is 0 Å². The van der Waals surface area contributed by atoms with E-state index in [9.17, 15) is 4.79 Å². The fourth-order valence-corrected chi connectivity index (χ4v) is 3.54. The third kappa shape index (κ3) is 4.12. The van der Waals surface area contributed by atoms with E-state index in [2.05, 4.69) is 10.3 Å². The number of thiazole rings is 1. The Hall–Kier alpha value is -3.00. The highest BCUT2D eigenvalue weighted by Crippen LogP contribution is 2.36. The highest BCUT2D eigenvalue weighted by atomic mass is 32.1. The van der Waals surface area contributed by atoms with Crippen molar-refractivity contribution >= 4 is 32.6 Å². The summed E-state index contributed by atoms with van der Waals surface area (Å²) in [5.41, 5.74) is 1.18. The monoisotopic (exact) mass is 402 g/mol. The van der Waals surface area contributed by atoms with Crippen molar-refractivity contribution in [1.29, 1.82) is 0 Å². The average Bonchev–Trinajstić information content (AvgIpc) is 3.09. The van der Waals surface area contributed by atoms with Crippen LogP contribution in [-0.2, 0) is 0 Å². The Labute approximate surface area is 167 Å². The number of anilines is 1. The lowest BCUT2D eigenvalue weighted by Crippen LogP contribution is -2.12. The van der Waals surface area contributed by atoms with Crippen LogP contribution in [0.4, 0.5) is 5.13 Å². The fraction of sp³-hybridized carbons (Fsp3) is 0.300. The first-order valence-corrected chi connectivity index (χ1v) is 9.64. The van der Waals surface area contributed by atoms with Crippen LogP contribution in [0.15, 0.2) is 30.3 Å². The third-order valence-electron chi connectivity index (χ3n) is 3.92. The molecule has 1 heterocycles. The smallest absolute Gasteiger partial charge is 0.257 e. The molecule has 1 amide bonds. The van der Waals surface area contributed by atoms with Crippen LogP contribution in [0.3, 0.4) is 0 Å². The number of hydrogen-bond donors (Lipinski definition) is 1. The molecule has 8 heteroatoms. The summed E-state index contributed by atoms with van der Waals surface area (Å²) >= 11 is 1.36. The molecule has 1 N–H and O–H groups in total. The molecule has 0 spiro atoms. The lowest BCUT2D eigenvalue weighted by atomic mass is 10.2. The van der Waals surface area contributed by atoms with Crippen LogP contribution in [0.2, 0.25) is 0 Å². The molecule has 0 radical (unpaired) electrons. The molecule has 0 bridgehead atoms. The molecule has 3 aromatic rings. The first-order valence-electron chi connectivity index (χ1n) is 8.83. The van der Waals surface area contributed by atoms with Gasteiger partial charge in [0.15, 0.2) is 28.1 Å². The summed E-state index contributed by atoms with van der Waals surface area (Å²) in [7, 11) is 3.15. The summed E-state index contributed by atoms with van der Waals surface area (Å²) in [6.45, 7) is 4.77. The van der Waals surface area contributed by atoms with Gasteiger partial charge in [0.25, 0.3) is 5.91 Å². The van der Waals surface area contributed by atoms with E-state index in [4.69, 9.17) is 18.9 Å². The standard InChI is InChI=1S/C20H22N2O5S/c1-5-26-14-8-7-12(9-17(14)27-6-2)19(23)22-20-21-13-10-15(24-3)16(25-4)11-18(13)28-20/h7-11H,5-6H2,1-4H3,(H,21,22,23). The highest BCUT2D eigenvalue weighted by Gasteiger charge is 2.15. The van der Waals surface area contributed by atoms with Crippen LogP contribution in [0.25, 0.3) is 10.2 Å². The molecule has 0 unspecified atom stereocenters. The first kappa shape index (κ1) is 19.8. The summed E-state index contributed by atoms with van der Waals surface area (Å²) in [6, 6.07) is 8.72. The molecule has 0 atom stereocenters. The Morgan fingerprint density at radius 3 is 2.32 bits per heavy atom. The predicted molar refractivity (Wildman–Crippen MR) is 109 cm³/mol. The van der Waals surface area contributed by atoms with E-state index in [0.29, 0.717) is 46.9 Å². The first-order chi connectivity index (χ1) is 13.6. The van der Waals surface area contributed by atoms with Gasteiger partial charge in [0.1, 0.15) is 0 Å². The number of nitrogens with one attached hydrogen (secondary N) is 1. The molecule has 0 saturated heterocycles. The molecule has 0 aliphatic carbocycles. The number of carbonyl (C=O) groups excluding carboxylic acids is 1. The Morgan fingerprint density at radius 2 is 1.64 bits per heavy atom. The van der Waals surface area contributed by atoms with Crippen molar-refractivity contribution in [2.24, 2.45) is 0 Å². The maximum atomic E-state index is 12.7. The van der Waals surface area contributed by atoms with Gasteiger partial charge in [-0.2, -0.15) is 0 Å². The number of ether oxygens (including phenoxy) is 4. The van der Waals surface area contributed by atoms with Crippen LogP contribution in [0.1, 0.15) is 24.2 Å². The third-order valence-corrected chi connectivity index (χ3v) is 4.85. The number of fused-ring (bicyclic) bond motifs is 1. The minimum Gasteiger partial charge on any atom is -0.493 e. The summed E-state index contributed by atoms with van der Waals surface area (Å²) in [4.78, 5) is 17.1. The van der Waals surface area contributed by atoms with Crippen molar-refractivity contribution in [2.75, 3.05) is 32.8 Å². The van der Waals surface area contributed by atoms with Gasteiger partial charge in [-0.05, 0) is 32.0 Å². The van der Waals surface area contributed by atoms with Crippen molar-refractivity contribution in [3.63, 3.8) is 0 Å². The lowest BCUT2D eigenvalue weighted by Gasteiger charge is -2.12. The molecule has 1 aromatic heterocycles. The minimum absolute atomic E-state index is 0.276. The van der Waals surface area contributed by atoms with Gasteiger partial charge in [-0.25, -0.2) is 4.98 Å². The topological polar surface area (TPSA) is 78.9 Å². The van der Waals surface area contributed by atoms with E-state index in [-0.39, 0.29) is 5.91 Å². The number of methoxy groups -OCH3 is 2. The maximum absolute atomic E-state index is 12.7. The Kier molecular flexibility index (Phi) is 6.20. The molecule has 148 valence electrons. The molecule has 0 saturated carbocycles. The van der Waals surface area contributed by atoms with Crippen LogP contribution in [0.5, 0.6) is 23.0 Å². The van der Waals surface area contributed by atoms with Gasteiger partial charge < -0.3 is 18.9 Å². The van der Waals surface area contributed by atoms with Gasteiger partial charge in [0.05, 0.1) is 37.6 Å². The number of benzene rings is 2. The average molecular weight is 402 g/mol. The summed E-state index contributed by atoms with van der Waals surface area (Å²) in [5.74, 6) is 2.08. The molecule has 0 fully saturated rings. The molecule has 0 aliphatic heterocycles. The number of aromatic nitrogens is 1. The highest BCUT2D eigenvalue weighted by molar-refractivity contribution is 7.22. The predicted octanol–water partition coefficient (Wildman–Crippen LogP) is 4.36. The number of rotatable bonds is 8. The van der Waals surface area contributed by atoms with Gasteiger partial charge in [0.2, 0.25) is 0 Å². The van der Waals surface area contributed by atoms with Gasteiger partial charge in [-0.15, -0.1) is 0 Å². The normalized spacial score (nSPS) is 10.6. The number of carbonyl (C=O) groups is 1. The Morgan fingerprint density at radius 1 is 0.964 bits per heavy atom. The van der Waals surface area contributed by atoms with Crippen LogP contribution in [0, 0.1) is 0 Å². The van der Waals surface area contributed by atoms with E-state index in [1.54, 1.807) is 38.5 Å². The van der Waals surface area contributed by atoms with Crippen molar-refractivity contribution in [1.82, 2.24) is 4.98 Å². The zero-order chi connectivity index (χ0) is 20.1. The molecular weight excluding hydrogens is 380 g/mol. The van der Waals surface area contributed by atoms with Gasteiger partial charge in [0, 0.05) is 17.7 Å². The molecule has 0 aliphatic rings. The number of amides is 1. The van der Waals surface area contributed by atoms with Crippen molar-refractivity contribution in [3.05, 3.63) is 35.9 Å². The molecule has 2 aromatic carbocycles. The summed E-state index contributed by atoms with van der Waals surface area (Å²) in [6.07, 6.45) is 0. The zero-order valence-corrected chi connectivity index (χ0v) is 17.0. The Balaban J connectivity index is 1.85. The summed E-state index contributed by atoms with van der Waals surface area (Å²) < 4.78 is 22.6. The fourth-order valence-electron chi connectivity index (χ4n) is 2.67. The van der Waals surface area contributed by atoms with Crippen molar-refractivity contribution in [3.8, 4) is 23.0 Å². The second kappa shape index (κ2) is 8.79. The second-order valence-corrected chi connectivity index (χ2v) is 6.71. The Bertz CT molecular complexity index is 945. The number of hydrogen-bond acceptors (Lipinski definition) is 7. The number of nitrogens with zero attached hydrogens (tertiary/aromatic N) is 1. The van der Waals surface area contributed by atoms with E-state index in [0.717, 1.165) is 10.2 Å². The van der Waals surface area contributed by atoms with Gasteiger partial charge in [-0.1, -0.05) is 11.3 Å². The maximum Gasteiger partial charge on any atom is 0.257 e. The van der Waals surface area contributed by atoms with Gasteiger partial charge >= 0.3 is 0 Å². The van der Waals surface area contributed by atoms with Crippen LogP contribution in [-0.4, -0.2) is 38.3 Å². The van der Waals surface area contributed by atoms with Crippen molar-refractivity contribution < 1.29 is 23.7 Å². The quantitative estimate of drug-likeness (QED) is 0.603. The second-order valence-electron chi connectivity index (χ2n) is 5.68. The minimum atomic E-state index is -0.276. The van der Waals surface area contributed by atoms with Crippen LogP contribution < -0.4 is 24.3 Å². The zero-order valence-electron chi connectivity index (χ0n) is 16.2. The SMILES string of the molecule is CCOc1ccc(C(=O)Nc2nc3cc(OC)c(OC)cc3s2)cc1OCC. The molecule has 7 nitrogen and oxygen atoms in total. The van der Waals surface area contributed by atoms with E-state index in [1.165, 1.54) is 11.3 Å². The van der Waals surface area contributed by atoms with Crippen LogP contribution >= 0.6 is 11.3 Å². The van der Waals surface area contributed by atoms with Gasteiger partial charge in [-0.3, -0.25) is 10.1 Å².